The van der Waals surface area contributed by atoms with E-state index < -0.39 is 0 Å². The second-order valence-corrected chi connectivity index (χ2v) is 13.6. The Kier molecular flexibility index (Phi) is 6.52. The molecule has 246 valence electrons. The zero-order chi connectivity index (χ0) is 34.9. The van der Waals surface area contributed by atoms with Crippen LogP contribution in [-0.2, 0) is 0 Å². The van der Waals surface area contributed by atoms with E-state index in [4.69, 9.17) is 15.0 Å². The van der Waals surface area contributed by atoms with Crippen LogP contribution in [0.1, 0.15) is 0 Å². The summed E-state index contributed by atoms with van der Waals surface area (Å²) in [6, 6.07) is 64.5. The van der Waals surface area contributed by atoms with Crippen molar-refractivity contribution in [3.05, 3.63) is 182 Å². The maximum atomic E-state index is 5.26. The van der Waals surface area contributed by atoms with Gasteiger partial charge in [0, 0.05) is 27.5 Å². The summed E-state index contributed by atoms with van der Waals surface area (Å²) >= 11 is 0. The Balaban J connectivity index is 1.15. The van der Waals surface area contributed by atoms with Gasteiger partial charge in [-0.3, -0.25) is 0 Å². The molecule has 9 aromatic carbocycles. The lowest BCUT2D eigenvalue weighted by molar-refractivity contribution is 1.06. The number of hydrogen-bond donors (Lipinski definition) is 0. The van der Waals surface area contributed by atoms with Crippen molar-refractivity contribution in [3.63, 3.8) is 0 Å². The molecule has 0 aliphatic rings. The second-order valence-electron chi connectivity index (χ2n) is 13.6. The van der Waals surface area contributed by atoms with Crippen LogP contribution in [0, 0.1) is 0 Å². The molecular weight excluding hydrogens is 645 g/mol. The smallest absolute Gasteiger partial charge is 0.166 e. The van der Waals surface area contributed by atoms with E-state index in [2.05, 4.69) is 168 Å². The van der Waals surface area contributed by atoms with E-state index in [1.165, 1.54) is 48.5 Å². The predicted molar refractivity (Wildman–Crippen MR) is 220 cm³/mol. The first-order chi connectivity index (χ1) is 26.3. The van der Waals surface area contributed by atoms with Crippen LogP contribution in [0.4, 0.5) is 0 Å². The molecule has 11 aromatic rings. The average Bonchev–Trinajstić information content (AvgIpc) is 3.55. The fraction of sp³-hybridized carbons (Fsp3) is 0. The Morgan fingerprint density at radius 1 is 0.321 bits per heavy atom. The molecule has 0 bridgehead atoms. The molecule has 0 N–H and O–H groups in total. The van der Waals surface area contributed by atoms with Gasteiger partial charge in [0.2, 0.25) is 0 Å². The standard InChI is InChI=1S/C49H30N4/c1-2-13-33(14-3-1)47-50-48(37-26-27-39-36(28-37)25-24-32-23-22-31-12-6-7-17-38(31)46(32)39)52-49(51-47)41-19-9-11-21-44(41)53-43-20-10-8-18-40(43)42-29-34-15-4-5-16-35(34)30-45(42)53/h1-30H. The van der Waals surface area contributed by atoms with Gasteiger partial charge < -0.3 is 4.57 Å². The van der Waals surface area contributed by atoms with Crippen molar-refractivity contribution in [2.24, 2.45) is 0 Å². The lowest BCUT2D eigenvalue weighted by Gasteiger charge is -2.15. The Hall–Kier alpha value is -7.17. The third kappa shape index (κ3) is 4.73. The zero-order valence-corrected chi connectivity index (χ0v) is 28.6. The Morgan fingerprint density at radius 2 is 0.925 bits per heavy atom. The number of benzene rings is 9. The van der Waals surface area contributed by atoms with Crippen molar-refractivity contribution in [1.29, 1.82) is 0 Å². The predicted octanol–water partition coefficient (Wildman–Crippen LogP) is 12.6. The van der Waals surface area contributed by atoms with Gasteiger partial charge in [-0.05, 0) is 79.5 Å². The molecule has 4 heteroatoms. The monoisotopic (exact) mass is 674 g/mol. The van der Waals surface area contributed by atoms with E-state index >= 15 is 0 Å². The lowest BCUT2D eigenvalue weighted by atomic mass is 9.95. The normalized spacial score (nSPS) is 11.8. The third-order valence-electron chi connectivity index (χ3n) is 10.6. The first-order valence-electron chi connectivity index (χ1n) is 17.9. The van der Waals surface area contributed by atoms with Crippen LogP contribution in [0.5, 0.6) is 0 Å². The number of aromatic nitrogens is 4. The summed E-state index contributed by atoms with van der Waals surface area (Å²) in [4.78, 5) is 15.6. The first kappa shape index (κ1) is 29.5. The van der Waals surface area contributed by atoms with Crippen LogP contribution in [0.2, 0.25) is 0 Å². The van der Waals surface area contributed by atoms with Gasteiger partial charge in [-0.25, -0.2) is 15.0 Å². The molecule has 0 unspecified atom stereocenters. The fourth-order valence-corrected chi connectivity index (χ4v) is 8.09. The molecule has 0 saturated heterocycles. The van der Waals surface area contributed by atoms with Gasteiger partial charge in [-0.15, -0.1) is 0 Å². The molecule has 0 aliphatic heterocycles. The van der Waals surface area contributed by atoms with Crippen molar-refractivity contribution in [2.75, 3.05) is 0 Å². The topological polar surface area (TPSA) is 43.6 Å². The molecule has 0 spiro atoms. The van der Waals surface area contributed by atoms with Gasteiger partial charge in [0.25, 0.3) is 0 Å². The summed E-state index contributed by atoms with van der Waals surface area (Å²) in [6.45, 7) is 0. The minimum atomic E-state index is 0.626. The molecule has 0 radical (unpaired) electrons. The van der Waals surface area contributed by atoms with E-state index in [-0.39, 0.29) is 0 Å². The number of para-hydroxylation sites is 2. The van der Waals surface area contributed by atoms with Crippen LogP contribution >= 0.6 is 0 Å². The quantitative estimate of drug-likeness (QED) is 0.175. The summed E-state index contributed by atoms with van der Waals surface area (Å²) < 4.78 is 2.36. The Bertz CT molecular complexity index is 3230. The van der Waals surface area contributed by atoms with Gasteiger partial charge in [-0.2, -0.15) is 0 Å². The van der Waals surface area contributed by atoms with Gasteiger partial charge in [0.1, 0.15) is 0 Å². The highest BCUT2D eigenvalue weighted by Gasteiger charge is 2.20. The first-order valence-corrected chi connectivity index (χ1v) is 17.9. The largest absolute Gasteiger partial charge is 0.308 e. The summed E-state index contributed by atoms with van der Waals surface area (Å²) in [7, 11) is 0. The van der Waals surface area contributed by atoms with Gasteiger partial charge in [-0.1, -0.05) is 146 Å². The molecule has 4 nitrogen and oxygen atoms in total. The van der Waals surface area contributed by atoms with Crippen LogP contribution in [0.3, 0.4) is 0 Å². The van der Waals surface area contributed by atoms with Crippen molar-refractivity contribution in [2.45, 2.75) is 0 Å². The molecule has 2 heterocycles. The van der Waals surface area contributed by atoms with Crippen molar-refractivity contribution in [3.8, 4) is 39.9 Å². The SMILES string of the molecule is c1ccc(-c2nc(-c3ccc4c(ccc5ccc6ccccc6c54)c3)nc(-c3ccccc3-n3c4ccccc4c4cc5ccccc5cc43)n2)cc1. The van der Waals surface area contributed by atoms with Crippen LogP contribution in [0.15, 0.2) is 182 Å². The Morgan fingerprint density at radius 3 is 1.77 bits per heavy atom. The second kappa shape index (κ2) is 11.7. The molecule has 0 aliphatic carbocycles. The van der Waals surface area contributed by atoms with Gasteiger partial charge in [0.05, 0.1) is 16.7 Å². The summed E-state index contributed by atoms with van der Waals surface area (Å²) in [5.74, 6) is 1.90. The van der Waals surface area contributed by atoms with Crippen molar-refractivity contribution in [1.82, 2.24) is 19.5 Å². The highest BCUT2D eigenvalue weighted by atomic mass is 15.1. The molecule has 2 aromatic heterocycles. The number of hydrogen-bond acceptors (Lipinski definition) is 3. The highest BCUT2D eigenvalue weighted by molar-refractivity contribution is 6.20. The van der Waals surface area contributed by atoms with Crippen LogP contribution in [0.25, 0.3) is 105 Å². The molecule has 0 amide bonds. The average molecular weight is 675 g/mol. The van der Waals surface area contributed by atoms with Crippen LogP contribution < -0.4 is 0 Å². The lowest BCUT2D eigenvalue weighted by Crippen LogP contribution is -2.03. The molecule has 0 atom stereocenters. The highest BCUT2D eigenvalue weighted by Crippen LogP contribution is 2.39. The van der Waals surface area contributed by atoms with Gasteiger partial charge in [0.15, 0.2) is 17.5 Å². The van der Waals surface area contributed by atoms with E-state index in [1.807, 2.05) is 18.2 Å². The third-order valence-corrected chi connectivity index (χ3v) is 10.6. The minimum Gasteiger partial charge on any atom is -0.308 e. The maximum Gasteiger partial charge on any atom is 0.166 e. The van der Waals surface area contributed by atoms with E-state index in [1.54, 1.807) is 0 Å². The molecule has 0 saturated carbocycles. The summed E-state index contributed by atoms with van der Waals surface area (Å²) in [6.07, 6.45) is 0. The van der Waals surface area contributed by atoms with Crippen molar-refractivity contribution < 1.29 is 0 Å². The number of fused-ring (bicyclic) bond motifs is 9. The summed E-state index contributed by atoms with van der Waals surface area (Å²) in [5, 5.41) is 12.2. The summed E-state index contributed by atoms with van der Waals surface area (Å²) in [5.41, 5.74) is 6.11. The fourth-order valence-electron chi connectivity index (χ4n) is 8.09. The van der Waals surface area contributed by atoms with E-state index in [9.17, 15) is 0 Å². The number of nitrogens with zero attached hydrogens (tertiary/aromatic N) is 4. The molecule has 0 fully saturated rings. The zero-order valence-electron chi connectivity index (χ0n) is 28.6. The maximum absolute atomic E-state index is 5.26. The molecular formula is C49H30N4. The van der Waals surface area contributed by atoms with Crippen LogP contribution in [-0.4, -0.2) is 19.5 Å². The Labute approximate surface area is 305 Å². The molecule has 53 heavy (non-hydrogen) atoms. The van der Waals surface area contributed by atoms with Crippen molar-refractivity contribution >= 4 is 64.9 Å². The van der Waals surface area contributed by atoms with E-state index in [0.29, 0.717) is 17.5 Å². The number of rotatable bonds is 4. The van der Waals surface area contributed by atoms with E-state index in [0.717, 1.165) is 38.8 Å². The molecule has 11 rings (SSSR count). The van der Waals surface area contributed by atoms with Gasteiger partial charge >= 0.3 is 0 Å². The minimum absolute atomic E-state index is 0.626.